The van der Waals surface area contributed by atoms with Crippen molar-refractivity contribution in [2.24, 2.45) is 5.73 Å². The zero-order chi connectivity index (χ0) is 18.4. The van der Waals surface area contributed by atoms with Gasteiger partial charge in [-0.1, -0.05) is 60.7 Å². The molecule has 26 heavy (non-hydrogen) atoms. The Morgan fingerprint density at radius 3 is 2.04 bits per heavy atom. The Balaban J connectivity index is 1.89. The number of para-hydroxylation sites is 1. The average Bonchev–Trinajstić information content (AvgIpc) is 2.68. The highest BCUT2D eigenvalue weighted by molar-refractivity contribution is 8.00. The van der Waals surface area contributed by atoms with Crippen molar-refractivity contribution in [3.63, 3.8) is 0 Å². The first kappa shape index (κ1) is 17.8. The van der Waals surface area contributed by atoms with Gasteiger partial charge in [0.15, 0.2) is 0 Å². The lowest BCUT2D eigenvalue weighted by Gasteiger charge is -2.18. The van der Waals surface area contributed by atoms with Crippen molar-refractivity contribution in [3.05, 3.63) is 96.1 Å². The van der Waals surface area contributed by atoms with Crippen LogP contribution in [0.15, 0.2) is 89.8 Å². The van der Waals surface area contributed by atoms with Crippen LogP contribution in [0, 0.1) is 0 Å². The summed E-state index contributed by atoms with van der Waals surface area (Å²) in [6.07, 6.45) is 0. The van der Waals surface area contributed by atoms with Gasteiger partial charge in [-0.05, 0) is 29.8 Å². The Bertz CT molecular complexity index is 898. The van der Waals surface area contributed by atoms with Crippen molar-refractivity contribution in [3.8, 4) is 0 Å². The van der Waals surface area contributed by atoms with Crippen LogP contribution in [0.1, 0.15) is 21.2 Å². The Labute approximate surface area is 156 Å². The molecule has 3 rings (SSSR count). The van der Waals surface area contributed by atoms with Gasteiger partial charge in [-0.2, -0.15) is 0 Å². The van der Waals surface area contributed by atoms with E-state index in [4.69, 9.17) is 5.73 Å². The van der Waals surface area contributed by atoms with Crippen LogP contribution in [-0.4, -0.2) is 11.8 Å². The number of carbonyl (C=O) groups excluding carboxylic acids is 2. The van der Waals surface area contributed by atoms with Gasteiger partial charge in [-0.25, -0.2) is 0 Å². The molecule has 1 unspecified atom stereocenters. The lowest BCUT2D eigenvalue weighted by atomic mass is 10.1. The van der Waals surface area contributed by atoms with Crippen molar-refractivity contribution < 1.29 is 9.59 Å². The molecule has 0 bridgehead atoms. The standard InChI is InChI=1S/C21H18N2O2S/c22-20(24)17-13-7-8-14-18(17)23-21(25)19(15-9-3-1-4-10-15)26-16-11-5-2-6-12-16/h1-14,19H,(H2,22,24)(H,23,25). The summed E-state index contributed by atoms with van der Waals surface area (Å²) < 4.78 is 0. The third-order valence-corrected chi connectivity index (χ3v) is 5.05. The Kier molecular flexibility index (Phi) is 5.71. The van der Waals surface area contributed by atoms with Gasteiger partial charge in [-0.15, -0.1) is 11.8 Å². The highest BCUT2D eigenvalue weighted by Gasteiger charge is 2.23. The molecule has 0 aliphatic carbocycles. The minimum absolute atomic E-state index is 0.209. The third-order valence-electron chi connectivity index (χ3n) is 3.79. The average molecular weight is 362 g/mol. The molecule has 3 aromatic rings. The van der Waals surface area contributed by atoms with E-state index >= 15 is 0 Å². The normalized spacial score (nSPS) is 11.5. The molecule has 0 saturated carbocycles. The van der Waals surface area contributed by atoms with Crippen LogP contribution in [0.4, 0.5) is 5.69 Å². The molecular formula is C21H18N2O2S. The molecule has 130 valence electrons. The van der Waals surface area contributed by atoms with Crippen molar-refractivity contribution in [1.82, 2.24) is 0 Å². The minimum atomic E-state index is -0.576. The number of nitrogens with two attached hydrogens (primary N) is 1. The van der Waals surface area contributed by atoms with Crippen LogP contribution in [0.5, 0.6) is 0 Å². The Morgan fingerprint density at radius 1 is 0.808 bits per heavy atom. The number of hydrogen-bond acceptors (Lipinski definition) is 3. The van der Waals surface area contributed by atoms with Crippen LogP contribution in [0.25, 0.3) is 0 Å². The molecule has 0 fully saturated rings. The van der Waals surface area contributed by atoms with E-state index in [2.05, 4.69) is 5.32 Å². The second-order valence-corrected chi connectivity index (χ2v) is 6.80. The molecule has 0 aromatic heterocycles. The molecule has 0 spiro atoms. The summed E-state index contributed by atoms with van der Waals surface area (Å²) in [4.78, 5) is 25.6. The molecule has 0 aliphatic heterocycles. The molecule has 4 nitrogen and oxygen atoms in total. The van der Waals surface area contributed by atoms with Crippen molar-refractivity contribution in [2.45, 2.75) is 10.1 Å². The monoisotopic (exact) mass is 362 g/mol. The first-order valence-electron chi connectivity index (χ1n) is 8.11. The van der Waals surface area contributed by atoms with Crippen molar-refractivity contribution >= 4 is 29.3 Å². The van der Waals surface area contributed by atoms with Crippen LogP contribution in [-0.2, 0) is 4.79 Å². The van der Waals surface area contributed by atoms with Gasteiger partial charge >= 0.3 is 0 Å². The summed E-state index contributed by atoms with van der Waals surface area (Å²) >= 11 is 1.46. The van der Waals surface area contributed by atoms with E-state index in [1.165, 1.54) is 11.8 Å². The molecule has 1 atom stereocenters. The summed E-state index contributed by atoms with van der Waals surface area (Å²) in [5, 5.41) is 2.39. The number of anilines is 1. The SMILES string of the molecule is NC(=O)c1ccccc1NC(=O)C(Sc1ccccc1)c1ccccc1. The highest BCUT2D eigenvalue weighted by atomic mass is 32.2. The zero-order valence-electron chi connectivity index (χ0n) is 14.0. The molecule has 5 heteroatoms. The third kappa shape index (κ3) is 4.32. The number of thioether (sulfide) groups is 1. The molecule has 0 heterocycles. The van der Waals surface area contributed by atoms with Gasteiger partial charge in [0.25, 0.3) is 5.91 Å². The number of hydrogen-bond donors (Lipinski definition) is 2. The van der Waals surface area contributed by atoms with Crippen molar-refractivity contribution in [1.29, 1.82) is 0 Å². The lowest BCUT2D eigenvalue weighted by Crippen LogP contribution is -2.22. The molecule has 0 radical (unpaired) electrons. The second-order valence-electron chi connectivity index (χ2n) is 5.62. The maximum Gasteiger partial charge on any atom is 0.250 e. The number of amides is 2. The number of carbonyl (C=O) groups is 2. The van der Waals surface area contributed by atoms with Crippen LogP contribution in [0.3, 0.4) is 0 Å². The van der Waals surface area contributed by atoms with Crippen LogP contribution >= 0.6 is 11.8 Å². The van der Waals surface area contributed by atoms with E-state index in [1.54, 1.807) is 24.3 Å². The fourth-order valence-corrected chi connectivity index (χ4v) is 3.59. The van der Waals surface area contributed by atoms with E-state index in [0.717, 1.165) is 10.5 Å². The van der Waals surface area contributed by atoms with Gasteiger partial charge in [0.2, 0.25) is 5.91 Å². The first-order chi connectivity index (χ1) is 12.6. The van der Waals surface area contributed by atoms with Crippen LogP contribution < -0.4 is 11.1 Å². The summed E-state index contributed by atoms with van der Waals surface area (Å²) in [6, 6.07) is 26.0. The van der Waals surface area contributed by atoms with Gasteiger partial charge in [0.05, 0.1) is 11.3 Å². The summed E-state index contributed by atoms with van der Waals surface area (Å²) in [5.74, 6) is -0.786. The van der Waals surface area contributed by atoms with Crippen LogP contribution in [0.2, 0.25) is 0 Å². The molecule has 0 saturated heterocycles. The van der Waals surface area contributed by atoms with E-state index in [1.807, 2.05) is 60.7 Å². The van der Waals surface area contributed by atoms with Crippen molar-refractivity contribution in [2.75, 3.05) is 5.32 Å². The summed E-state index contributed by atoms with van der Waals surface area (Å²) in [6.45, 7) is 0. The maximum atomic E-state index is 13.0. The smallest absolute Gasteiger partial charge is 0.250 e. The number of rotatable bonds is 6. The second kappa shape index (κ2) is 8.36. The van der Waals surface area contributed by atoms with Gasteiger partial charge in [-0.3, -0.25) is 9.59 Å². The molecule has 3 N–H and O–H groups in total. The van der Waals surface area contributed by atoms with E-state index in [0.29, 0.717) is 5.69 Å². The summed E-state index contributed by atoms with van der Waals surface area (Å²) in [7, 11) is 0. The molecule has 0 aliphatic rings. The maximum absolute atomic E-state index is 13.0. The highest BCUT2D eigenvalue weighted by Crippen LogP contribution is 2.36. The summed E-state index contributed by atoms with van der Waals surface area (Å²) in [5.41, 5.74) is 7.00. The minimum Gasteiger partial charge on any atom is -0.366 e. The van der Waals surface area contributed by atoms with Gasteiger partial charge in [0.1, 0.15) is 5.25 Å². The van der Waals surface area contributed by atoms with E-state index in [9.17, 15) is 9.59 Å². The predicted molar refractivity (Wildman–Crippen MR) is 105 cm³/mol. The number of nitrogens with one attached hydrogen (secondary N) is 1. The number of primary amides is 1. The van der Waals surface area contributed by atoms with E-state index in [-0.39, 0.29) is 11.5 Å². The van der Waals surface area contributed by atoms with Gasteiger partial charge < -0.3 is 11.1 Å². The zero-order valence-corrected chi connectivity index (χ0v) is 14.8. The topological polar surface area (TPSA) is 72.2 Å². The van der Waals surface area contributed by atoms with E-state index < -0.39 is 11.2 Å². The fraction of sp³-hybridized carbons (Fsp3) is 0.0476. The Hall–Kier alpha value is -3.05. The quantitative estimate of drug-likeness (QED) is 0.644. The lowest BCUT2D eigenvalue weighted by molar-refractivity contribution is -0.115. The molecule has 3 aromatic carbocycles. The number of benzene rings is 3. The molecule has 2 amide bonds. The first-order valence-corrected chi connectivity index (χ1v) is 8.99. The predicted octanol–water partition coefficient (Wildman–Crippen LogP) is 4.26. The fourth-order valence-electron chi connectivity index (χ4n) is 2.54. The largest absolute Gasteiger partial charge is 0.366 e. The van der Waals surface area contributed by atoms with Gasteiger partial charge in [0, 0.05) is 4.90 Å². The molecular weight excluding hydrogens is 344 g/mol. The Morgan fingerprint density at radius 2 is 1.38 bits per heavy atom.